The summed E-state index contributed by atoms with van der Waals surface area (Å²) in [6.45, 7) is 1.37. The van der Waals surface area contributed by atoms with E-state index in [2.05, 4.69) is 0 Å². The van der Waals surface area contributed by atoms with Crippen LogP contribution in [0.1, 0.15) is 32.6 Å². The first-order valence-corrected chi connectivity index (χ1v) is 9.01. The molecule has 0 saturated heterocycles. The van der Waals surface area contributed by atoms with Gasteiger partial charge in [-0.2, -0.15) is 5.26 Å². The highest BCUT2D eigenvalue weighted by Crippen LogP contribution is 2.27. The number of aromatic hydroxyl groups is 1. The summed E-state index contributed by atoms with van der Waals surface area (Å²) in [7, 11) is 0. The molecule has 1 aromatic heterocycles. The molecular formula is C21H14Cl2N2O3. The Labute approximate surface area is 171 Å². The van der Waals surface area contributed by atoms with Crippen LogP contribution in [0.3, 0.4) is 0 Å². The van der Waals surface area contributed by atoms with E-state index in [9.17, 15) is 20.0 Å². The maximum Gasteiger partial charge on any atom is 0.271 e. The average molecular weight is 413 g/mol. The molecule has 3 aromatic rings. The summed E-state index contributed by atoms with van der Waals surface area (Å²) in [5.41, 5.74) is -0.112. The Balaban J connectivity index is 2.24. The Morgan fingerprint density at radius 2 is 1.89 bits per heavy atom. The van der Waals surface area contributed by atoms with Crippen molar-refractivity contribution in [3.8, 4) is 11.9 Å². The van der Waals surface area contributed by atoms with Crippen LogP contribution in [-0.4, -0.2) is 15.5 Å². The molecule has 0 bridgehead atoms. The Hall–Kier alpha value is -3.07. The second-order valence-electron chi connectivity index (χ2n) is 6.13. The van der Waals surface area contributed by atoms with Crippen LogP contribution in [0.4, 0.5) is 0 Å². The molecule has 3 rings (SSSR count). The van der Waals surface area contributed by atoms with Crippen LogP contribution < -0.4 is 5.56 Å². The molecule has 0 fully saturated rings. The van der Waals surface area contributed by atoms with Crippen molar-refractivity contribution in [1.82, 2.24) is 4.57 Å². The minimum Gasteiger partial charge on any atom is -0.494 e. The van der Waals surface area contributed by atoms with Crippen LogP contribution in [0.15, 0.2) is 53.3 Å². The fourth-order valence-electron chi connectivity index (χ4n) is 2.94. The maximum absolute atomic E-state index is 13.0. The predicted octanol–water partition coefficient (Wildman–Crippen LogP) is 4.32. The number of carbonyl (C=O) groups is 1. The van der Waals surface area contributed by atoms with Gasteiger partial charge in [-0.1, -0.05) is 53.5 Å². The Morgan fingerprint density at radius 1 is 1.18 bits per heavy atom. The number of ketones is 1. The lowest BCUT2D eigenvalue weighted by Crippen LogP contribution is -2.27. The van der Waals surface area contributed by atoms with Crippen LogP contribution >= 0.6 is 23.2 Å². The van der Waals surface area contributed by atoms with E-state index in [-0.39, 0.29) is 28.8 Å². The van der Waals surface area contributed by atoms with E-state index in [0.29, 0.717) is 15.6 Å². The second-order valence-corrected chi connectivity index (χ2v) is 6.98. The van der Waals surface area contributed by atoms with Crippen LogP contribution in [0.25, 0.3) is 0 Å². The van der Waals surface area contributed by atoms with Crippen molar-refractivity contribution in [1.29, 1.82) is 5.26 Å². The number of hydrogen-bond acceptors (Lipinski definition) is 4. The normalized spacial score (nSPS) is 10.5. The van der Waals surface area contributed by atoms with E-state index in [1.165, 1.54) is 13.0 Å². The SMILES string of the molecule is Cc1c(C(=O)c2cccc(Cl)c2)c(O)n(Cc2ccccc2Cl)c(=O)c1C#N. The van der Waals surface area contributed by atoms with E-state index < -0.39 is 17.2 Å². The van der Waals surface area contributed by atoms with Crippen LogP contribution in [0, 0.1) is 18.3 Å². The summed E-state index contributed by atoms with van der Waals surface area (Å²) >= 11 is 12.1. The average Bonchev–Trinajstić information content (AvgIpc) is 2.67. The molecule has 140 valence electrons. The molecule has 0 radical (unpaired) electrons. The van der Waals surface area contributed by atoms with Crippen LogP contribution in [-0.2, 0) is 6.54 Å². The van der Waals surface area contributed by atoms with Crippen LogP contribution in [0.5, 0.6) is 5.88 Å². The first kappa shape index (κ1) is 19.7. The predicted molar refractivity (Wildman–Crippen MR) is 107 cm³/mol. The molecule has 0 aliphatic heterocycles. The van der Waals surface area contributed by atoms with Gasteiger partial charge in [0.1, 0.15) is 11.6 Å². The molecule has 0 spiro atoms. The first-order valence-electron chi connectivity index (χ1n) is 8.25. The topological polar surface area (TPSA) is 83.1 Å². The number of aromatic nitrogens is 1. The highest BCUT2D eigenvalue weighted by atomic mass is 35.5. The number of halogens is 2. The minimum atomic E-state index is -0.694. The molecule has 0 atom stereocenters. The molecule has 5 nitrogen and oxygen atoms in total. The van der Waals surface area contributed by atoms with Gasteiger partial charge in [0.15, 0.2) is 5.78 Å². The Bertz CT molecular complexity index is 1190. The van der Waals surface area contributed by atoms with Crippen molar-refractivity contribution in [2.45, 2.75) is 13.5 Å². The smallest absolute Gasteiger partial charge is 0.271 e. The summed E-state index contributed by atoms with van der Waals surface area (Å²) in [5.74, 6) is -1.06. The highest BCUT2D eigenvalue weighted by Gasteiger charge is 2.25. The Kier molecular flexibility index (Phi) is 5.55. The standard InChI is InChI=1S/C21H14Cl2N2O3/c1-12-16(10-24)20(27)25(11-14-5-2-3-8-17(14)23)21(28)18(12)19(26)13-6-4-7-15(22)9-13/h2-9,28H,11H2,1H3. The van der Waals surface area contributed by atoms with E-state index in [1.807, 2.05) is 6.07 Å². The molecule has 1 heterocycles. The summed E-state index contributed by atoms with van der Waals surface area (Å²) in [6, 6.07) is 14.9. The molecule has 0 saturated carbocycles. The zero-order valence-corrected chi connectivity index (χ0v) is 16.3. The minimum absolute atomic E-state index is 0.0882. The summed E-state index contributed by atoms with van der Waals surface area (Å²) in [4.78, 5) is 25.7. The third-order valence-corrected chi connectivity index (χ3v) is 5.00. The van der Waals surface area contributed by atoms with E-state index in [4.69, 9.17) is 23.2 Å². The number of rotatable bonds is 4. The molecule has 1 N–H and O–H groups in total. The quantitative estimate of drug-likeness (QED) is 0.646. The van der Waals surface area contributed by atoms with Crippen molar-refractivity contribution < 1.29 is 9.90 Å². The Morgan fingerprint density at radius 3 is 2.54 bits per heavy atom. The van der Waals surface area contributed by atoms with Gasteiger partial charge in [0, 0.05) is 15.6 Å². The van der Waals surface area contributed by atoms with Gasteiger partial charge in [-0.3, -0.25) is 14.2 Å². The molecule has 2 aromatic carbocycles. The number of benzene rings is 2. The monoisotopic (exact) mass is 412 g/mol. The lowest BCUT2D eigenvalue weighted by molar-refractivity contribution is 0.103. The van der Waals surface area contributed by atoms with E-state index >= 15 is 0 Å². The number of pyridine rings is 1. The van der Waals surface area contributed by atoms with Crippen molar-refractivity contribution in [3.05, 3.63) is 96.7 Å². The second kappa shape index (κ2) is 7.89. The van der Waals surface area contributed by atoms with Gasteiger partial charge < -0.3 is 5.11 Å². The van der Waals surface area contributed by atoms with Crippen molar-refractivity contribution in [2.24, 2.45) is 0 Å². The van der Waals surface area contributed by atoms with Crippen molar-refractivity contribution >= 4 is 29.0 Å². The zero-order chi connectivity index (χ0) is 20.4. The van der Waals surface area contributed by atoms with E-state index in [0.717, 1.165) is 4.57 Å². The molecular weight excluding hydrogens is 399 g/mol. The first-order chi connectivity index (χ1) is 13.3. The van der Waals surface area contributed by atoms with Crippen molar-refractivity contribution in [2.75, 3.05) is 0 Å². The molecule has 0 unspecified atom stereocenters. The molecule has 0 aliphatic carbocycles. The largest absolute Gasteiger partial charge is 0.494 e. The lowest BCUT2D eigenvalue weighted by atomic mass is 9.97. The fourth-order valence-corrected chi connectivity index (χ4v) is 3.33. The summed E-state index contributed by atoms with van der Waals surface area (Å²) in [5, 5.41) is 21.0. The third-order valence-electron chi connectivity index (χ3n) is 4.40. The fraction of sp³-hybridized carbons (Fsp3) is 0.0952. The van der Waals surface area contributed by atoms with Gasteiger partial charge in [-0.15, -0.1) is 0 Å². The lowest BCUT2D eigenvalue weighted by Gasteiger charge is -2.16. The maximum atomic E-state index is 13.0. The number of nitriles is 1. The molecule has 7 heteroatoms. The van der Waals surface area contributed by atoms with Gasteiger partial charge in [0.05, 0.1) is 12.1 Å². The molecule has 0 aliphatic rings. The number of hydrogen-bond donors (Lipinski definition) is 1. The van der Waals surface area contributed by atoms with Crippen molar-refractivity contribution in [3.63, 3.8) is 0 Å². The summed E-state index contributed by atoms with van der Waals surface area (Å²) < 4.78 is 0.977. The number of nitrogens with zero attached hydrogens (tertiary/aromatic N) is 2. The summed E-state index contributed by atoms with van der Waals surface area (Å²) in [6.07, 6.45) is 0. The third kappa shape index (κ3) is 3.53. The van der Waals surface area contributed by atoms with Gasteiger partial charge in [0.25, 0.3) is 5.56 Å². The molecule has 28 heavy (non-hydrogen) atoms. The van der Waals surface area contributed by atoms with Gasteiger partial charge in [-0.25, -0.2) is 0 Å². The highest BCUT2D eigenvalue weighted by molar-refractivity contribution is 6.31. The number of carbonyl (C=O) groups excluding carboxylic acids is 1. The van der Waals surface area contributed by atoms with E-state index in [1.54, 1.807) is 42.5 Å². The van der Waals surface area contributed by atoms with Crippen LogP contribution in [0.2, 0.25) is 10.0 Å². The van der Waals surface area contributed by atoms with Gasteiger partial charge in [-0.05, 0) is 36.2 Å². The van der Waals surface area contributed by atoms with Gasteiger partial charge in [0.2, 0.25) is 5.88 Å². The van der Waals surface area contributed by atoms with Gasteiger partial charge >= 0.3 is 0 Å². The molecule has 0 amide bonds. The zero-order valence-electron chi connectivity index (χ0n) is 14.7.